The maximum Gasteiger partial charge on any atom is 0.350 e. The Kier molecular flexibility index (Phi) is 7.73. The fraction of sp³-hybridized carbons (Fsp3) is 0.304. The van der Waals surface area contributed by atoms with Gasteiger partial charge in [0, 0.05) is 18.0 Å². The average molecular weight is 539 g/mol. The SMILES string of the molecule is CCOC(=O)c1sc(-c2ccccc2)cc1NC(=O)C1CCCN(S(=O)(=O)c2ccc(Cl)s2)C1. The summed E-state index contributed by atoms with van der Waals surface area (Å²) in [5.74, 6) is -1.38. The van der Waals surface area contributed by atoms with Crippen molar-refractivity contribution >= 4 is 61.9 Å². The number of piperidine rings is 1. The minimum absolute atomic E-state index is 0.0636. The third kappa shape index (κ3) is 5.36. The van der Waals surface area contributed by atoms with Crippen LogP contribution in [0, 0.1) is 5.92 Å². The molecule has 2 aromatic heterocycles. The monoisotopic (exact) mass is 538 g/mol. The van der Waals surface area contributed by atoms with E-state index in [2.05, 4.69) is 5.32 Å². The van der Waals surface area contributed by atoms with Crippen molar-refractivity contribution in [3.63, 3.8) is 0 Å². The molecule has 3 aromatic rings. The molecule has 0 aliphatic carbocycles. The second kappa shape index (κ2) is 10.6. The molecule has 0 saturated carbocycles. The first-order valence-corrected chi connectivity index (χ1v) is 14.2. The number of amides is 1. The van der Waals surface area contributed by atoms with E-state index in [0.717, 1.165) is 21.8 Å². The Morgan fingerprint density at radius 3 is 2.62 bits per heavy atom. The average Bonchev–Trinajstić information content (AvgIpc) is 3.47. The molecule has 1 aliphatic rings. The highest BCUT2D eigenvalue weighted by Crippen LogP contribution is 2.36. The minimum Gasteiger partial charge on any atom is -0.462 e. The van der Waals surface area contributed by atoms with E-state index >= 15 is 0 Å². The summed E-state index contributed by atoms with van der Waals surface area (Å²) in [5, 5.41) is 2.86. The normalized spacial score (nSPS) is 16.8. The van der Waals surface area contributed by atoms with E-state index in [1.54, 1.807) is 19.1 Å². The lowest BCUT2D eigenvalue weighted by atomic mass is 9.98. The van der Waals surface area contributed by atoms with Crippen LogP contribution in [0.4, 0.5) is 5.69 Å². The zero-order valence-electron chi connectivity index (χ0n) is 18.3. The maximum absolute atomic E-state index is 13.2. The van der Waals surface area contributed by atoms with Crippen LogP contribution in [0.5, 0.6) is 0 Å². The Bertz CT molecular complexity index is 1290. The molecule has 1 fully saturated rings. The maximum atomic E-state index is 13.2. The summed E-state index contributed by atoms with van der Waals surface area (Å²) in [6, 6.07) is 14.3. The first kappa shape index (κ1) is 24.9. The quantitative estimate of drug-likeness (QED) is 0.409. The van der Waals surface area contributed by atoms with Gasteiger partial charge in [-0.15, -0.1) is 22.7 Å². The number of rotatable bonds is 7. The van der Waals surface area contributed by atoms with Gasteiger partial charge in [0.05, 0.1) is 22.5 Å². The number of carbonyl (C=O) groups excluding carboxylic acids is 2. The van der Waals surface area contributed by atoms with Crippen LogP contribution in [0.1, 0.15) is 29.4 Å². The van der Waals surface area contributed by atoms with Crippen LogP contribution >= 0.6 is 34.3 Å². The van der Waals surface area contributed by atoms with Gasteiger partial charge >= 0.3 is 5.97 Å². The summed E-state index contributed by atoms with van der Waals surface area (Å²) < 4.78 is 33.0. The van der Waals surface area contributed by atoms with Crippen LogP contribution < -0.4 is 5.32 Å². The number of carbonyl (C=O) groups is 2. The summed E-state index contributed by atoms with van der Waals surface area (Å²) in [6.45, 7) is 2.34. The highest BCUT2D eigenvalue weighted by Gasteiger charge is 2.34. The lowest BCUT2D eigenvalue weighted by molar-refractivity contribution is -0.120. The van der Waals surface area contributed by atoms with Crippen LogP contribution in [0.25, 0.3) is 10.4 Å². The fourth-order valence-corrected chi connectivity index (χ4v) is 7.92. The Hall–Kier alpha value is -2.24. The number of halogens is 1. The van der Waals surface area contributed by atoms with Crippen LogP contribution in [0.15, 0.2) is 52.7 Å². The van der Waals surface area contributed by atoms with Gasteiger partial charge in [-0.05, 0) is 43.5 Å². The van der Waals surface area contributed by atoms with Crippen molar-refractivity contribution in [2.45, 2.75) is 24.0 Å². The molecular formula is C23H23ClN2O5S3. The standard InChI is InChI=1S/C23H23ClN2O5S3/c1-2-31-23(28)21-17(13-18(32-21)15-7-4-3-5-8-15)25-22(27)16-9-6-12-26(14-16)34(29,30)20-11-10-19(24)33-20/h3-5,7-8,10-11,13,16H,2,6,9,12,14H2,1H3,(H,25,27). The molecule has 0 bridgehead atoms. The number of thiophene rings is 2. The number of hydrogen-bond acceptors (Lipinski definition) is 7. The zero-order chi connectivity index (χ0) is 24.3. The lowest BCUT2D eigenvalue weighted by Crippen LogP contribution is -2.43. The molecule has 7 nitrogen and oxygen atoms in total. The molecule has 180 valence electrons. The Morgan fingerprint density at radius 1 is 1.18 bits per heavy atom. The van der Waals surface area contributed by atoms with E-state index in [-0.39, 0.29) is 23.3 Å². The zero-order valence-corrected chi connectivity index (χ0v) is 21.5. The van der Waals surface area contributed by atoms with Gasteiger partial charge in [-0.3, -0.25) is 4.79 Å². The summed E-state index contributed by atoms with van der Waals surface area (Å²) in [7, 11) is -3.73. The first-order valence-electron chi connectivity index (χ1n) is 10.7. The molecule has 1 amide bonds. The third-order valence-corrected chi connectivity index (χ3v) is 10.1. The highest BCUT2D eigenvalue weighted by atomic mass is 35.5. The van der Waals surface area contributed by atoms with E-state index in [0.29, 0.717) is 34.3 Å². The van der Waals surface area contributed by atoms with Gasteiger partial charge in [0.15, 0.2) is 0 Å². The van der Waals surface area contributed by atoms with Crippen molar-refractivity contribution in [3.05, 3.63) is 57.7 Å². The molecule has 4 rings (SSSR count). The Morgan fingerprint density at radius 2 is 1.94 bits per heavy atom. The van der Waals surface area contributed by atoms with Crippen molar-refractivity contribution < 1.29 is 22.7 Å². The van der Waals surface area contributed by atoms with Crippen molar-refractivity contribution in [1.29, 1.82) is 0 Å². The van der Waals surface area contributed by atoms with Crippen LogP contribution in [0.2, 0.25) is 4.34 Å². The van der Waals surface area contributed by atoms with E-state index in [1.165, 1.54) is 21.7 Å². The van der Waals surface area contributed by atoms with Crippen molar-refractivity contribution in [3.8, 4) is 10.4 Å². The summed E-state index contributed by atoms with van der Waals surface area (Å²) >= 11 is 8.16. The fourth-order valence-electron chi connectivity index (χ4n) is 3.75. The molecular weight excluding hydrogens is 516 g/mol. The molecule has 1 unspecified atom stereocenters. The Labute approximate surface area is 211 Å². The second-order valence-electron chi connectivity index (χ2n) is 7.69. The van der Waals surface area contributed by atoms with Gasteiger partial charge in [-0.2, -0.15) is 4.31 Å². The van der Waals surface area contributed by atoms with E-state index in [4.69, 9.17) is 16.3 Å². The molecule has 1 aliphatic heterocycles. The van der Waals surface area contributed by atoms with Crippen molar-refractivity contribution in [1.82, 2.24) is 4.31 Å². The van der Waals surface area contributed by atoms with Crippen molar-refractivity contribution in [2.75, 3.05) is 25.0 Å². The first-order chi connectivity index (χ1) is 16.3. The van der Waals surface area contributed by atoms with Gasteiger partial charge in [-0.25, -0.2) is 13.2 Å². The summed E-state index contributed by atoms with van der Waals surface area (Å²) in [4.78, 5) is 26.8. The Balaban J connectivity index is 1.54. The molecule has 11 heteroatoms. The third-order valence-electron chi connectivity index (χ3n) is 5.41. The predicted molar refractivity (Wildman–Crippen MR) is 135 cm³/mol. The number of nitrogens with zero attached hydrogens (tertiary/aromatic N) is 1. The van der Waals surface area contributed by atoms with Gasteiger partial charge in [0.1, 0.15) is 9.09 Å². The number of esters is 1. The summed E-state index contributed by atoms with van der Waals surface area (Å²) in [6.07, 6.45) is 1.10. The van der Waals surface area contributed by atoms with Gasteiger partial charge < -0.3 is 10.1 Å². The predicted octanol–water partition coefficient (Wildman–Crippen LogP) is 5.35. The molecule has 1 aromatic carbocycles. The lowest BCUT2D eigenvalue weighted by Gasteiger charge is -2.30. The molecule has 1 N–H and O–H groups in total. The van der Waals surface area contributed by atoms with E-state index in [1.807, 2.05) is 30.3 Å². The molecule has 3 heterocycles. The molecule has 1 saturated heterocycles. The number of benzene rings is 1. The van der Waals surface area contributed by atoms with Gasteiger partial charge in [-0.1, -0.05) is 41.9 Å². The minimum atomic E-state index is -3.73. The van der Waals surface area contributed by atoms with Crippen LogP contribution in [-0.4, -0.2) is 44.3 Å². The van der Waals surface area contributed by atoms with Gasteiger partial charge in [0.2, 0.25) is 5.91 Å². The number of sulfonamides is 1. The summed E-state index contributed by atoms with van der Waals surface area (Å²) in [5.41, 5.74) is 1.29. The number of ether oxygens (including phenoxy) is 1. The number of nitrogens with one attached hydrogen (secondary N) is 1. The topological polar surface area (TPSA) is 92.8 Å². The molecule has 0 spiro atoms. The molecule has 1 atom stereocenters. The van der Waals surface area contributed by atoms with Gasteiger partial charge in [0.25, 0.3) is 10.0 Å². The van der Waals surface area contributed by atoms with Crippen LogP contribution in [-0.2, 0) is 19.6 Å². The molecule has 0 radical (unpaired) electrons. The smallest absolute Gasteiger partial charge is 0.350 e. The largest absolute Gasteiger partial charge is 0.462 e. The number of hydrogen-bond donors (Lipinski definition) is 1. The second-order valence-corrected chi connectivity index (χ2v) is 12.6. The number of anilines is 1. The van der Waals surface area contributed by atoms with Crippen molar-refractivity contribution in [2.24, 2.45) is 5.92 Å². The van der Waals surface area contributed by atoms with E-state index in [9.17, 15) is 18.0 Å². The highest BCUT2D eigenvalue weighted by molar-refractivity contribution is 7.91. The van der Waals surface area contributed by atoms with Crippen LogP contribution in [0.3, 0.4) is 0 Å². The van der Waals surface area contributed by atoms with E-state index < -0.39 is 21.9 Å². The molecule has 34 heavy (non-hydrogen) atoms.